The third-order valence-electron chi connectivity index (χ3n) is 1.93. The number of nitrogens with zero attached hydrogens (tertiary/aromatic N) is 1. The lowest BCUT2D eigenvalue weighted by atomic mass is 10.2. The molecule has 1 rings (SSSR count). The summed E-state index contributed by atoms with van der Waals surface area (Å²) in [6.45, 7) is 0.0456. The van der Waals surface area contributed by atoms with Gasteiger partial charge in [0.1, 0.15) is 6.04 Å². The number of nitriles is 1. The zero-order valence-corrected chi connectivity index (χ0v) is 9.03. The first kappa shape index (κ1) is 12.3. The minimum absolute atomic E-state index is 0.0456. The van der Waals surface area contributed by atoms with E-state index in [1.54, 1.807) is 12.1 Å². The summed E-state index contributed by atoms with van der Waals surface area (Å²) >= 11 is 5.86. The maximum Gasteiger partial charge on any atom is 0.322 e. The van der Waals surface area contributed by atoms with Crippen molar-refractivity contribution < 1.29 is 9.90 Å². The Hall–Kier alpha value is -1.77. The molecule has 0 saturated carbocycles. The molecule has 1 aromatic carbocycles. The summed E-state index contributed by atoms with van der Waals surface area (Å²) < 4.78 is 0. The number of nitrogens with two attached hydrogens (primary N) is 1. The predicted molar refractivity (Wildman–Crippen MR) is 60.3 cm³/mol. The van der Waals surface area contributed by atoms with Crippen molar-refractivity contribution in [2.75, 3.05) is 11.9 Å². The number of benzene rings is 1. The summed E-state index contributed by atoms with van der Waals surface area (Å²) in [5.74, 6) is -1.10. The van der Waals surface area contributed by atoms with E-state index >= 15 is 0 Å². The van der Waals surface area contributed by atoms with E-state index in [1.165, 1.54) is 6.07 Å². The van der Waals surface area contributed by atoms with Gasteiger partial charge in [-0.05, 0) is 18.2 Å². The Morgan fingerprint density at radius 1 is 1.69 bits per heavy atom. The molecule has 1 aromatic rings. The highest BCUT2D eigenvalue weighted by Gasteiger charge is 2.11. The lowest BCUT2D eigenvalue weighted by molar-refractivity contribution is -0.138. The molecule has 84 valence electrons. The van der Waals surface area contributed by atoms with Crippen LogP contribution < -0.4 is 11.1 Å². The maximum atomic E-state index is 10.5. The summed E-state index contributed by atoms with van der Waals surface area (Å²) in [6, 6.07) is 5.62. The van der Waals surface area contributed by atoms with Crippen LogP contribution in [-0.4, -0.2) is 23.7 Å². The van der Waals surface area contributed by atoms with E-state index in [1.807, 2.05) is 6.07 Å². The molecule has 0 aromatic heterocycles. The maximum absolute atomic E-state index is 10.5. The molecule has 0 aliphatic rings. The normalized spacial score (nSPS) is 11.6. The second-order valence-corrected chi connectivity index (χ2v) is 3.54. The van der Waals surface area contributed by atoms with E-state index in [-0.39, 0.29) is 6.54 Å². The number of anilines is 1. The van der Waals surface area contributed by atoms with Gasteiger partial charge >= 0.3 is 5.97 Å². The first-order valence-electron chi connectivity index (χ1n) is 4.46. The number of hydrogen-bond acceptors (Lipinski definition) is 4. The smallest absolute Gasteiger partial charge is 0.322 e. The first-order chi connectivity index (χ1) is 7.54. The lowest BCUT2D eigenvalue weighted by Crippen LogP contribution is -2.36. The molecule has 0 aliphatic heterocycles. The molecule has 0 fully saturated rings. The molecular formula is C10H10ClN3O2. The van der Waals surface area contributed by atoms with Crippen LogP contribution in [0.25, 0.3) is 0 Å². The molecule has 0 spiro atoms. The molecule has 6 heteroatoms. The fourth-order valence-corrected chi connectivity index (χ4v) is 1.22. The van der Waals surface area contributed by atoms with Crippen LogP contribution in [0.5, 0.6) is 0 Å². The van der Waals surface area contributed by atoms with E-state index in [0.717, 1.165) is 0 Å². The summed E-state index contributed by atoms with van der Waals surface area (Å²) in [7, 11) is 0. The third-order valence-corrected chi connectivity index (χ3v) is 2.25. The third kappa shape index (κ3) is 3.12. The van der Waals surface area contributed by atoms with Gasteiger partial charge in [-0.2, -0.15) is 5.26 Å². The van der Waals surface area contributed by atoms with Gasteiger partial charge < -0.3 is 16.2 Å². The number of rotatable bonds is 4. The van der Waals surface area contributed by atoms with Gasteiger partial charge in [-0.25, -0.2) is 0 Å². The van der Waals surface area contributed by atoms with Crippen LogP contribution in [0.1, 0.15) is 5.56 Å². The van der Waals surface area contributed by atoms with Gasteiger partial charge in [0.2, 0.25) is 0 Å². The van der Waals surface area contributed by atoms with Gasteiger partial charge in [0.15, 0.2) is 0 Å². The quantitative estimate of drug-likeness (QED) is 0.729. The first-order valence-corrected chi connectivity index (χ1v) is 4.84. The van der Waals surface area contributed by atoms with Crippen molar-refractivity contribution in [3.63, 3.8) is 0 Å². The number of nitrogens with one attached hydrogen (secondary N) is 1. The van der Waals surface area contributed by atoms with Crippen molar-refractivity contribution in [3.05, 3.63) is 28.8 Å². The molecule has 0 aliphatic carbocycles. The van der Waals surface area contributed by atoms with Gasteiger partial charge in [-0.3, -0.25) is 4.79 Å². The average Bonchev–Trinajstić information content (AvgIpc) is 2.27. The second-order valence-electron chi connectivity index (χ2n) is 3.13. The van der Waals surface area contributed by atoms with E-state index < -0.39 is 12.0 Å². The van der Waals surface area contributed by atoms with Gasteiger partial charge in [0, 0.05) is 6.54 Å². The van der Waals surface area contributed by atoms with E-state index in [2.05, 4.69) is 5.32 Å². The molecule has 16 heavy (non-hydrogen) atoms. The van der Waals surface area contributed by atoms with Crippen LogP contribution in [0, 0.1) is 11.3 Å². The molecule has 0 saturated heterocycles. The largest absolute Gasteiger partial charge is 0.480 e. The predicted octanol–water partition coefficient (Wildman–Crippen LogP) is 1.04. The Balaban J connectivity index is 2.74. The van der Waals surface area contributed by atoms with Crippen molar-refractivity contribution in [1.29, 1.82) is 5.26 Å². The standard InChI is InChI=1S/C10H10ClN3O2/c11-7-2-1-6(4-12)3-9(7)14-5-8(13)10(15)16/h1-3,8,14H,5,13H2,(H,15,16). The van der Waals surface area contributed by atoms with Crippen molar-refractivity contribution in [2.45, 2.75) is 6.04 Å². The van der Waals surface area contributed by atoms with Gasteiger partial charge in [0.05, 0.1) is 22.3 Å². The summed E-state index contributed by atoms with van der Waals surface area (Å²) in [5, 5.41) is 20.5. The van der Waals surface area contributed by atoms with Crippen molar-refractivity contribution in [3.8, 4) is 6.07 Å². The van der Waals surface area contributed by atoms with Gasteiger partial charge in [-0.15, -0.1) is 0 Å². The van der Waals surface area contributed by atoms with Gasteiger partial charge in [-0.1, -0.05) is 11.6 Å². The fourth-order valence-electron chi connectivity index (χ4n) is 1.04. The molecule has 1 atom stereocenters. The highest BCUT2D eigenvalue weighted by Crippen LogP contribution is 2.22. The van der Waals surface area contributed by atoms with E-state index in [4.69, 9.17) is 27.7 Å². The Labute approximate surface area is 97.4 Å². The van der Waals surface area contributed by atoms with Crippen molar-refractivity contribution in [1.82, 2.24) is 0 Å². The Kier molecular flexibility index (Phi) is 4.11. The lowest BCUT2D eigenvalue weighted by Gasteiger charge is -2.11. The Morgan fingerprint density at radius 2 is 2.38 bits per heavy atom. The van der Waals surface area contributed by atoms with Crippen LogP contribution >= 0.6 is 11.6 Å². The Bertz CT molecular complexity index is 442. The molecule has 0 amide bonds. The number of carboxylic acids is 1. The zero-order chi connectivity index (χ0) is 12.1. The SMILES string of the molecule is N#Cc1ccc(Cl)c(NCC(N)C(=O)O)c1. The van der Waals surface area contributed by atoms with E-state index in [9.17, 15) is 4.79 Å². The highest BCUT2D eigenvalue weighted by molar-refractivity contribution is 6.33. The second kappa shape index (κ2) is 5.35. The number of carbonyl (C=O) groups is 1. The summed E-state index contributed by atoms with van der Waals surface area (Å²) in [4.78, 5) is 10.5. The Morgan fingerprint density at radius 3 is 2.94 bits per heavy atom. The summed E-state index contributed by atoms with van der Waals surface area (Å²) in [5.41, 5.74) is 6.25. The number of carboxylic acid groups (broad SMARTS) is 1. The molecule has 0 bridgehead atoms. The summed E-state index contributed by atoms with van der Waals surface area (Å²) in [6.07, 6.45) is 0. The molecule has 0 heterocycles. The highest BCUT2D eigenvalue weighted by atomic mass is 35.5. The molecule has 0 radical (unpaired) electrons. The zero-order valence-electron chi connectivity index (χ0n) is 8.27. The fraction of sp³-hybridized carbons (Fsp3) is 0.200. The molecule has 1 unspecified atom stereocenters. The van der Waals surface area contributed by atoms with Crippen LogP contribution in [0.4, 0.5) is 5.69 Å². The van der Waals surface area contributed by atoms with Crippen LogP contribution in [0.3, 0.4) is 0 Å². The van der Waals surface area contributed by atoms with E-state index in [0.29, 0.717) is 16.3 Å². The number of aliphatic carboxylic acids is 1. The topological polar surface area (TPSA) is 99.1 Å². The minimum atomic E-state index is -1.10. The monoisotopic (exact) mass is 239 g/mol. The molecule has 5 nitrogen and oxygen atoms in total. The number of halogens is 1. The average molecular weight is 240 g/mol. The van der Waals surface area contributed by atoms with Crippen molar-refractivity contribution >= 4 is 23.3 Å². The minimum Gasteiger partial charge on any atom is -0.480 e. The van der Waals surface area contributed by atoms with Gasteiger partial charge in [0.25, 0.3) is 0 Å². The van der Waals surface area contributed by atoms with Crippen LogP contribution in [0.15, 0.2) is 18.2 Å². The molecular weight excluding hydrogens is 230 g/mol. The molecule has 4 N–H and O–H groups in total. The van der Waals surface area contributed by atoms with Crippen LogP contribution in [-0.2, 0) is 4.79 Å². The van der Waals surface area contributed by atoms with Crippen molar-refractivity contribution in [2.24, 2.45) is 5.73 Å². The number of hydrogen-bond donors (Lipinski definition) is 3. The van der Waals surface area contributed by atoms with Crippen LogP contribution in [0.2, 0.25) is 5.02 Å².